The van der Waals surface area contributed by atoms with Gasteiger partial charge in [-0.2, -0.15) is 0 Å². The van der Waals surface area contributed by atoms with Crippen molar-refractivity contribution in [1.29, 1.82) is 0 Å². The van der Waals surface area contributed by atoms with E-state index in [2.05, 4.69) is 20.9 Å². The van der Waals surface area contributed by atoms with Crippen molar-refractivity contribution < 1.29 is 4.79 Å². The number of halogens is 1. The van der Waals surface area contributed by atoms with Gasteiger partial charge in [0.05, 0.1) is 5.75 Å². The van der Waals surface area contributed by atoms with Crippen LogP contribution in [0.2, 0.25) is 5.02 Å². The molecule has 3 rings (SSSR count). The fraction of sp³-hybridized carbons (Fsp3) is 0.421. The van der Waals surface area contributed by atoms with E-state index in [0.717, 1.165) is 53.8 Å². The summed E-state index contributed by atoms with van der Waals surface area (Å²) >= 11 is 7.48. The molecule has 1 aromatic carbocycles. The number of anilines is 1. The fourth-order valence-electron chi connectivity index (χ4n) is 2.91. The Bertz CT molecular complexity index is 783. The van der Waals surface area contributed by atoms with Gasteiger partial charge in [-0.3, -0.25) is 4.79 Å². The van der Waals surface area contributed by atoms with E-state index < -0.39 is 0 Å². The monoisotopic (exact) mass is 390 g/mol. The number of nitrogens with zero attached hydrogens (tertiary/aromatic N) is 4. The first kappa shape index (κ1) is 19.0. The molecule has 0 atom stereocenters. The predicted molar refractivity (Wildman–Crippen MR) is 107 cm³/mol. The standard InChI is InChI=1S/C19H23ClN4OS/c1-13-14(2)21-19(22-15(13)3)26-12-18(25)24-9-7-23(8-10-24)17-6-4-5-16(20)11-17/h4-6,11H,7-10,12H2,1-3H3. The molecule has 1 fully saturated rings. The van der Waals surface area contributed by atoms with Gasteiger partial charge in [-0.05, 0) is 44.5 Å². The van der Waals surface area contributed by atoms with Crippen LogP contribution in [-0.4, -0.2) is 52.7 Å². The average Bonchev–Trinajstić information content (AvgIpc) is 2.64. The second-order valence-electron chi connectivity index (χ2n) is 6.44. The van der Waals surface area contributed by atoms with Crippen LogP contribution < -0.4 is 4.90 Å². The van der Waals surface area contributed by atoms with Crippen LogP contribution in [0.25, 0.3) is 0 Å². The molecule has 7 heteroatoms. The Kier molecular flexibility index (Phi) is 6.04. The molecule has 0 radical (unpaired) electrons. The van der Waals surface area contributed by atoms with Gasteiger partial charge >= 0.3 is 0 Å². The van der Waals surface area contributed by atoms with Crippen molar-refractivity contribution >= 4 is 35.0 Å². The quantitative estimate of drug-likeness (QED) is 0.590. The van der Waals surface area contributed by atoms with Crippen molar-refractivity contribution in [3.63, 3.8) is 0 Å². The van der Waals surface area contributed by atoms with Crippen LogP contribution in [0.1, 0.15) is 17.0 Å². The average molecular weight is 391 g/mol. The Hall–Kier alpha value is -1.79. The lowest BCUT2D eigenvalue weighted by molar-refractivity contribution is -0.128. The first-order chi connectivity index (χ1) is 12.4. The molecule has 1 aliphatic rings. The third-order valence-electron chi connectivity index (χ3n) is 4.74. The normalized spacial score (nSPS) is 14.6. The Balaban J connectivity index is 1.52. The molecule has 0 aliphatic carbocycles. The molecule has 1 saturated heterocycles. The number of aromatic nitrogens is 2. The van der Waals surface area contributed by atoms with E-state index in [1.165, 1.54) is 11.8 Å². The number of aryl methyl sites for hydroxylation is 2. The molecule has 0 bridgehead atoms. The zero-order valence-corrected chi connectivity index (χ0v) is 16.9. The first-order valence-corrected chi connectivity index (χ1v) is 10.0. The molecular formula is C19H23ClN4OS. The van der Waals surface area contributed by atoms with E-state index in [1.807, 2.05) is 43.9 Å². The Morgan fingerprint density at radius 1 is 1.12 bits per heavy atom. The number of carbonyl (C=O) groups excluding carboxylic acids is 1. The second kappa shape index (κ2) is 8.27. The lowest BCUT2D eigenvalue weighted by Crippen LogP contribution is -2.49. The molecule has 1 amide bonds. The molecule has 138 valence electrons. The van der Waals surface area contributed by atoms with Crippen molar-refractivity contribution in [3.8, 4) is 0 Å². The maximum atomic E-state index is 12.5. The Morgan fingerprint density at radius 2 is 1.77 bits per heavy atom. The summed E-state index contributed by atoms with van der Waals surface area (Å²) in [5, 5.41) is 1.41. The van der Waals surface area contributed by atoms with Gasteiger partial charge in [0.2, 0.25) is 5.91 Å². The van der Waals surface area contributed by atoms with Crippen LogP contribution in [-0.2, 0) is 4.79 Å². The van der Waals surface area contributed by atoms with Crippen molar-refractivity contribution in [3.05, 3.63) is 46.2 Å². The van der Waals surface area contributed by atoms with E-state index in [0.29, 0.717) is 10.9 Å². The van der Waals surface area contributed by atoms with Gasteiger partial charge in [-0.25, -0.2) is 9.97 Å². The zero-order valence-electron chi connectivity index (χ0n) is 15.3. The number of thioether (sulfide) groups is 1. The van der Waals surface area contributed by atoms with E-state index in [9.17, 15) is 4.79 Å². The highest BCUT2D eigenvalue weighted by atomic mass is 35.5. The SMILES string of the molecule is Cc1nc(SCC(=O)N2CCN(c3cccc(Cl)c3)CC2)nc(C)c1C. The van der Waals surface area contributed by atoms with Crippen molar-refractivity contribution in [2.24, 2.45) is 0 Å². The summed E-state index contributed by atoms with van der Waals surface area (Å²) in [6.45, 7) is 9.04. The van der Waals surface area contributed by atoms with Crippen LogP contribution in [0.15, 0.2) is 29.4 Å². The maximum Gasteiger partial charge on any atom is 0.233 e. The van der Waals surface area contributed by atoms with Gasteiger partial charge in [0.15, 0.2) is 5.16 Å². The first-order valence-electron chi connectivity index (χ1n) is 8.67. The maximum absolute atomic E-state index is 12.5. The predicted octanol–water partition coefficient (Wildman–Crippen LogP) is 3.50. The molecule has 0 saturated carbocycles. The molecule has 1 aliphatic heterocycles. The molecular weight excluding hydrogens is 368 g/mol. The van der Waals surface area contributed by atoms with Crippen LogP contribution >= 0.6 is 23.4 Å². The largest absolute Gasteiger partial charge is 0.368 e. The molecule has 0 N–H and O–H groups in total. The number of rotatable bonds is 4. The topological polar surface area (TPSA) is 49.3 Å². The summed E-state index contributed by atoms with van der Waals surface area (Å²) in [6.07, 6.45) is 0. The highest BCUT2D eigenvalue weighted by Crippen LogP contribution is 2.22. The molecule has 26 heavy (non-hydrogen) atoms. The number of hydrogen-bond acceptors (Lipinski definition) is 5. The highest BCUT2D eigenvalue weighted by Gasteiger charge is 2.21. The third kappa shape index (κ3) is 4.48. The van der Waals surface area contributed by atoms with Crippen LogP contribution in [0.4, 0.5) is 5.69 Å². The summed E-state index contributed by atoms with van der Waals surface area (Å²) in [5.74, 6) is 0.513. The van der Waals surface area contributed by atoms with E-state index in [4.69, 9.17) is 11.6 Å². The number of hydrogen-bond donors (Lipinski definition) is 0. The highest BCUT2D eigenvalue weighted by molar-refractivity contribution is 7.99. The second-order valence-corrected chi connectivity index (χ2v) is 7.82. The molecule has 5 nitrogen and oxygen atoms in total. The van der Waals surface area contributed by atoms with Crippen molar-refractivity contribution in [2.75, 3.05) is 36.8 Å². The number of piperazine rings is 1. The minimum atomic E-state index is 0.139. The van der Waals surface area contributed by atoms with E-state index in [-0.39, 0.29) is 5.91 Å². The molecule has 0 unspecified atom stereocenters. The lowest BCUT2D eigenvalue weighted by atomic mass is 10.2. The van der Waals surface area contributed by atoms with E-state index >= 15 is 0 Å². The number of carbonyl (C=O) groups is 1. The summed E-state index contributed by atoms with van der Waals surface area (Å²) in [5.41, 5.74) is 4.17. The summed E-state index contributed by atoms with van der Waals surface area (Å²) in [7, 11) is 0. The van der Waals surface area contributed by atoms with Crippen LogP contribution in [0.3, 0.4) is 0 Å². The van der Waals surface area contributed by atoms with Gasteiger partial charge in [0.25, 0.3) is 0 Å². The Morgan fingerprint density at radius 3 is 2.38 bits per heavy atom. The summed E-state index contributed by atoms with van der Waals surface area (Å²) in [6, 6.07) is 7.85. The van der Waals surface area contributed by atoms with Crippen molar-refractivity contribution in [1.82, 2.24) is 14.9 Å². The van der Waals surface area contributed by atoms with Gasteiger partial charge in [0, 0.05) is 48.3 Å². The van der Waals surface area contributed by atoms with Gasteiger partial charge in [0.1, 0.15) is 0 Å². The Labute approximate surface area is 163 Å². The molecule has 0 spiro atoms. The number of amides is 1. The third-order valence-corrected chi connectivity index (χ3v) is 5.81. The van der Waals surface area contributed by atoms with Crippen LogP contribution in [0.5, 0.6) is 0 Å². The minimum absolute atomic E-state index is 0.139. The van der Waals surface area contributed by atoms with Gasteiger partial charge < -0.3 is 9.80 Å². The van der Waals surface area contributed by atoms with Crippen molar-refractivity contribution in [2.45, 2.75) is 25.9 Å². The summed E-state index contributed by atoms with van der Waals surface area (Å²) < 4.78 is 0. The van der Waals surface area contributed by atoms with E-state index in [1.54, 1.807) is 0 Å². The summed E-state index contributed by atoms with van der Waals surface area (Å²) in [4.78, 5) is 25.6. The minimum Gasteiger partial charge on any atom is -0.368 e. The molecule has 1 aromatic heterocycles. The smallest absolute Gasteiger partial charge is 0.233 e. The van der Waals surface area contributed by atoms with Gasteiger partial charge in [-0.1, -0.05) is 29.4 Å². The molecule has 2 heterocycles. The van der Waals surface area contributed by atoms with Crippen LogP contribution in [0, 0.1) is 20.8 Å². The number of benzene rings is 1. The zero-order chi connectivity index (χ0) is 18.7. The lowest BCUT2D eigenvalue weighted by Gasteiger charge is -2.36. The fourth-order valence-corrected chi connectivity index (χ4v) is 3.93. The van der Waals surface area contributed by atoms with Gasteiger partial charge in [-0.15, -0.1) is 0 Å². The molecule has 2 aromatic rings.